The number of alkyl halides is 1. The van der Waals surface area contributed by atoms with Crippen LogP contribution in [0.2, 0.25) is 0 Å². The highest BCUT2D eigenvalue weighted by Crippen LogP contribution is 2.25. The number of benzene rings is 1. The van der Waals surface area contributed by atoms with Crippen LogP contribution < -0.4 is 0 Å². The van der Waals surface area contributed by atoms with Gasteiger partial charge in [-0.25, -0.2) is 0 Å². The Morgan fingerprint density at radius 3 is 2.62 bits per heavy atom. The second-order valence-corrected chi connectivity index (χ2v) is 3.62. The summed E-state index contributed by atoms with van der Waals surface area (Å²) in [5.41, 5.74) is 1.22. The van der Waals surface area contributed by atoms with Crippen molar-refractivity contribution in [3.63, 3.8) is 0 Å². The Balaban J connectivity index is 2.39. The predicted molar refractivity (Wildman–Crippen MR) is 59.1 cm³/mol. The van der Waals surface area contributed by atoms with Gasteiger partial charge in [0, 0.05) is 0 Å². The van der Waals surface area contributed by atoms with Crippen molar-refractivity contribution in [1.29, 1.82) is 0 Å². The molecule has 0 heterocycles. The first-order valence-corrected chi connectivity index (χ1v) is 5.08. The molecule has 0 N–H and O–H groups in total. The summed E-state index contributed by atoms with van der Waals surface area (Å²) in [5, 5.41) is 0.154. The Hall–Kier alpha value is -0.750. The van der Waals surface area contributed by atoms with Crippen molar-refractivity contribution in [1.82, 2.24) is 0 Å². The maximum atomic E-state index is 6.21. The van der Waals surface area contributed by atoms with Gasteiger partial charge in [-0.15, -0.1) is 18.2 Å². The Kier molecular flexibility index (Phi) is 4.63. The molecule has 0 aliphatic rings. The van der Waals surface area contributed by atoms with Gasteiger partial charge in [-0.3, -0.25) is 0 Å². The van der Waals surface area contributed by atoms with Gasteiger partial charge < -0.3 is 0 Å². The third-order valence-corrected chi connectivity index (χ3v) is 2.50. The average Bonchev–Trinajstić information content (AvgIpc) is 2.19. The molecule has 0 spiro atoms. The van der Waals surface area contributed by atoms with Crippen LogP contribution in [0.4, 0.5) is 0 Å². The van der Waals surface area contributed by atoms with Crippen LogP contribution in [0.15, 0.2) is 43.0 Å². The summed E-state index contributed by atoms with van der Waals surface area (Å²) in [6.45, 7) is 3.69. The van der Waals surface area contributed by atoms with Gasteiger partial charge in [0.2, 0.25) is 0 Å². The molecule has 0 aromatic heterocycles. The van der Waals surface area contributed by atoms with Crippen LogP contribution in [-0.4, -0.2) is 0 Å². The van der Waals surface area contributed by atoms with Crippen LogP contribution in [0.3, 0.4) is 0 Å². The highest BCUT2D eigenvalue weighted by atomic mass is 35.5. The van der Waals surface area contributed by atoms with Crippen molar-refractivity contribution in [2.75, 3.05) is 0 Å². The molecule has 70 valence electrons. The third-order valence-electron chi connectivity index (χ3n) is 2.03. The van der Waals surface area contributed by atoms with Crippen LogP contribution in [0.5, 0.6) is 0 Å². The molecule has 1 heteroatoms. The lowest BCUT2D eigenvalue weighted by molar-refractivity contribution is 0.728. The maximum absolute atomic E-state index is 6.21. The topological polar surface area (TPSA) is 0 Å². The van der Waals surface area contributed by atoms with Crippen molar-refractivity contribution < 1.29 is 0 Å². The highest BCUT2D eigenvalue weighted by Gasteiger charge is 2.05. The molecule has 1 aromatic rings. The average molecular weight is 195 g/mol. The van der Waals surface area contributed by atoms with E-state index in [4.69, 9.17) is 11.6 Å². The smallest absolute Gasteiger partial charge is 0.0585 e. The quantitative estimate of drug-likeness (QED) is 0.372. The lowest BCUT2D eigenvalue weighted by Crippen LogP contribution is -1.89. The van der Waals surface area contributed by atoms with Crippen molar-refractivity contribution >= 4 is 11.6 Å². The molecule has 0 nitrogen and oxygen atoms in total. The molecule has 0 amide bonds. The van der Waals surface area contributed by atoms with Crippen LogP contribution in [0.1, 0.15) is 30.2 Å². The van der Waals surface area contributed by atoms with E-state index in [0.717, 1.165) is 19.3 Å². The van der Waals surface area contributed by atoms with Crippen LogP contribution >= 0.6 is 11.6 Å². The van der Waals surface area contributed by atoms with Gasteiger partial charge in [0.05, 0.1) is 5.38 Å². The number of hydrogen-bond donors (Lipinski definition) is 0. The first kappa shape index (κ1) is 10.3. The van der Waals surface area contributed by atoms with E-state index >= 15 is 0 Å². The van der Waals surface area contributed by atoms with Gasteiger partial charge in [0.25, 0.3) is 0 Å². The number of halogens is 1. The maximum Gasteiger partial charge on any atom is 0.0585 e. The van der Waals surface area contributed by atoms with Crippen LogP contribution in [0.25, 0.3) is 0 Å². The molecular weight excluding hydrogens is 180 g/mol. The largest absolute Gasteiger partial charge is 0.118 e. The molecule has 0 bridgehead atoms. The second kappa shape index (κ2) is 5.82. The normalized spacial score (nSPS) is 12.4. The molecule has 0 fully saturated rings. The number of rotatable bonds is 5. The summed E-state index contributed by atoms with van der Waals surface area (Å²) < 4.78 is 0. The fourth-order valence-corrected chi connectivity index (χ4v) is 1.57. The SMILES string of the molecule is C=CCCC[C@H](Cl)c1ccccc1. The van der Waals surface area contributed by atoms with Crippen molar-refractivity contribution in [3.8, 4) is 0 Å². The monoisotopic (exact) mass is 194 g/mol. The Bertz CT molecular complexity index is 241. The van der Waals surface area contributed by atoms with Crippen molar-refractivity contribution in [2.45, 2.75) is 24.6 Å². The fraction of sp³-hybridized carbons (Fsp3) is 0.333. The predicted octanol–water partition coefficient (Wildman–Crippen LogP) is 4.32. The molecule has 1 rings (SSSR count). The number of hydrogen-bond acceptors (Lipinski definition) is 0. The van der Waals surface area contributed by atoms with E-state index in [1.165, 1.54) is 5.56 Å². The molecule has 0 aliphatic heterocycles. The van der Waals surface area contributed by atoms with Crippen LogP contribution in [-0.2, 0) is 0 Å². The van der Waals surface area contributed by atoms with Gasteiger partial charge in [-0.2, -0.15) is 0 Å². The lowest BCUT2D eigenvalue weighted by atomic mass is 10.1. The van der Waals surface area contributed by atoms with Gasteiger partial charge in [-0.1, -0.05) is 36.4 Å². The van der Waals surface area contributed by atoms with Crippen molar-refractivity contribution in [2.24, 2.45) is 0 Å². The van der Waals surface area contributed by atoms with Gasteiger partial charge in [0.15, 0.2) is 0 Å². The van der Waals surface area contributed by atoms with E-state index < -0.39 is 0 Å². The van der Waals surface area contributed by atoms with E-state index in [0.29, 0.717) is 0 Å². The summed E-state index contributed by atoms with van der Waals surface area (Å²) in [5.74, 6) is 0. The fourth-order valence-electron chi connectivity index (χ4n) is 1.27. The molecule has 0 radical (unpaired) electrons. The zero-order valence-electron chi connectivity index (χ0n) is 7.75. The number of allylic oxidation sites excluding steroid dienone is 1. The van der Waals surface area contributed by atoms with Gasteiger partial charge >= 0.3 is 0 Å². The summed E-state index contributed by atoms with van der Waals surface area (Å²) >= 11 is 6.21. The Labute approximate surface area is 85.2 Å². The van der Waals surface area contributed by atoms with E-state index in [1.54, 1.807) is 0 Å². The molecule has 0 unspecified atom stereocenters. The minimum atomic E-state index is 0.154. The van der Waals surface area contributed by atoms with Crippen LogP contribution in [0, 0.1) is 0 Å². The van der Waals surface area contributed by atoms with Gasteiger partial charge in [-0.05, 0) is 24.8 Å². The van der Waals surface area contributed by atoms with E-state index in [1.807, 2.05) is 24.3 Å². The summed E-state index contributed by atoms with van der Waals surface area (Å²) in [7, 11) is 0. The Morgan fingerprint density at radius 1 is 1.31 bits per heavy atom. The Morgan fingerprint density at radius 2 is 2.00 bits per heavy atom. The number of unbranched alkanes of at least 4 members (excludes halogenated alkanes) is 1. The summed E-state index contributed by atoms with van der Waals surface area (Å²) in [6, 6.07) is 10.2. The first-order chi connectivity index (χ1) is 6.34. The molecule has 0 saturated heterocycles. The van der Waals surface area contributed by atoms with Crippen molar-refractivity contribution in [3.05, 3.63) is 48.6 Å². The lowest BCUT2D eigenvalue weighted by Gasteiger charge is -2.07. The first-order valence-electron chi connectivity index (χ1n) is 4.64. The molecular formula is C12H15Cl. The molecule has 0 saturated carbocycles. The highest BCUT2D eigenvalue weighted by molar-refractivity contribution is 6.20. The molecule has 1 aromatic carbocycles. The van der Waals surface area contributed by atoms with Gasteiger partial charge in [0.1, 0.15) is 0 Å². The molecule has 1 atom stereocenters. The molecule has 0 aliphatic carbocycles. The van der Waals surface area contributed by atoms with E-state index in [-0.39, 0.29) is 5.38 Å². The minimum Gasteiger partial charge on any atom is -0.118 e. The minimum absolute atomic E-state index is 0.154. The second-order valence-electron chi connectivity index (χ2n) is 3.10. The van der Waals surface area contributed by atoms with E-state index in [9.17, 15) is 0 Å². The molecule has 13 heavy (non-hydrogen) atoms. The summed E-state index contributed by atoms with van der Waals surface area (Å²) in [6.07, 6.45) is 5.13. The zero-order chi connectivity index (χ0) is 9.52. The van der Waals surface area contributed by atoms with E-state index in [2.05, 4.69) is 18.7 Å². The summed E-state index contributed by atoms with van der Waals surface area (Å²) in [4.78, 5) is 0. The zero-order valence-corrected chi connectivity index (χ0v) is 8.50. The third kappa shape index (κ3) is 3.65. The standard InChI is InChI=1S/C12H15Cl/c1-2-3-5-10-12(13)11-8-6-4-7-9-11/h2,4,6-9,12H,1,3,5,10H2/t12-/m0/s1.